The number of esters is 1. The molecule has 1 saturated heterocycles. The van der Waals surface area contributed by atoms with E-state index >= 15 is 0 Å². The van der Waals surface area contributed by atoms with Crippen molar-refractivity contribution in [3.8, 4) is 45.4 Å². The number of nitrogens with zero attached hydrogens (tertiary/aromatic N) is 4. The first-order chi connectivity index (χ1) is 30.1. The highest BCUT2D eigenvalue weighted by Gasteiger charge is 2.56. The van der Waals surface area contributed by atoms with E-state index < -0.39 is 18.0 Å². The summed E-state index contributed by atoms with van der Waals surface area (Å²) in [6, 6.07) is 28.1. The average Bonchev–Trinajstić information content (AvgIpc) is 3.59. The van der Waals surface area contributed by atoms with Crippen molar-refractivity contribution < 1.29 is 42.8 Å². The summed E-state index contributed by atoms with van der Waals surface area (Å²) < 4.78 is 35.3. The highest BCUT2D eigenvalue weighted by Crippen LogP contribution is 2.45. The summed E-state index contributed by atoms with van der Waals surface area (Å²) in [5.41, 5.74) is 15.5. The number of amides is 1. The Bertz CT molecular complexity index is 2840. The van der Waals surface area contributed by atoms with Crippen LogP contribution < -0.4 is 24.4 Å². The molecule has 314 valence electrons. The molecule has 3 aliphatic heterocycles. The molecule has 8 rings (SSSR count). The number of azide groups is 1. The van der Waals surface area contributed by atoms with Gasteiger partial charge in [0.2, 0.25) is 5.91 Å². The van der Waals surface area contributed by atoms with E-state index in [1.165, 1.54) is 17.0 Å². The van der Waals surface area contributed by atoms with Crippen LogP contribution in [0.5, 0.6) is 23.0 Å². The molecule has 62 heavy (non-hydrogen) atoms. The maximum Gasteiger partial charge on any atom is 0.355 e. The Labute approximate surface area is 356 Å². The van der Waals surface area contributed by atoms with E-state index in [-0.39, 0.29) is 42.9 Å². The molecule has 0 unspecified atom stereocenters. The standard InChI is InChI=1S/C48H42N4O10/c1-27-20-34(57-3)13-16-36(27)45-37-15-12-33(54)23-41(37)62-42-24-35(14-17-38(42)45)60-26-30-9-18-40(43(21-30)58-4)59-19-5-6-31-22-39-44(28(2)53)47(55)52(39)46(31)48(56)61-25-29-7-10-32(11-8-29)50-51-49/h5-18,20-21,23-24,28,39,44,53H,19,22,25-26H2,1-4H3/b6-5+/t28-,39-,44-/m1/s1. The largest absolute Gasteiger partial charge is 0.497 e. The fraction of sp³-hybridized carbons (Fsp3) is 0.229. The molecule has 4 aromatic carbocycles. The van der Waals surface area contributed by atoms with Gasteiger partial charge in [-0.1, -0.05) is 47.6 Å². The van der Waals surface area contributed by atoms with Gasteiger partial charge in [0.15, 0.2) is 16.9 Å². The van der Waals surface area contributed by atoms with E-state index in [2.05, 4.69) is 10.0 Å². The number of benzene rings is 5. The number of methoxy groups -OCH3 is 2. The quantitative estimate of drug-likeness (QED) is 0.0262. The maximum absolute atomic E-state index is 13.4. The molecular weight excluding hydrogens is 793 g/mol. The number of β-lactam (4-membered cyclic amide) rings is 1. The monoisotopic (exact) mass is 834 g/mol. The van der Waals surface area contributed by atoms with Crippen molar-refractivity contribution >= 4 is 28.5 Å². The summed E-state index contributed by atoms with van der Waals surface area (Å²) in [7, 11) is 3.18. The minimum atomic E-state index is -0.871. The van der Waals surface area contributed by atoms with E-state index in [4.69, 9.17) is 33.6 Å². The van der Waals surface area contributed by atoms with E-state index in [9.17, 15) is 19.5 Å². The molecular formula is C48H42N4O10. The summed E-state index contributed by atoms with van der Waals surface area (Å²) in [5, 5.41) is 14.7. The predicted molar refractivity (Wildman–Crippen MR) is 230 cm³/mol. The Morgan fingerprint density at radius 3 is 2.42 bits per heavy atom. The molecule has 14 nitrogen and oxygen atoms in total. The van der Waals surface area contributed by atoms with Gasteiger partial charge in [0.25, 0.3) is 0 Å². The van der Waals surface area contributed by atoms with Crippen molar-refractivity contribution in [3.05, 3.63) is 158 Å². The first-order valence-corrected chi connectivity index (χ1v) is 19.9. The molecule has 1 aliphatic carbocycles. The third-order valence-electron chi connectivity index (χ3n) is 11.1. The second kappa shape index (κ2) is 17.6. The maximum atomic E-state index is 13.4. The zero-order valence-electron chi connectivity index (χ0n) is 34.4. The number of aryl methyl sites for hydroxylation is 1. The van der Waals surface area contributed by atoms with Crippen molar-refractivity contribution in [1.29, 1.82) is 0 Å². The lowest BCUT2D eigenvalue weighted by Gasteiger charge is -2.44. The second-order valence-electron chi connectivity index (χ2n) is 15.0. The minimum Gasteiger partial charge on any atom is -0.497 e. The number of fused-ring (bicyclic) bond motifs is 3. The van der Waals surface area contributed by atoms with Gasteiger partial charge in [0, 0.05) is 39.2 Å². The highest BCUT2D eigenvalue weighted by molar-refractivity contribution is 6.03. The molecule has 0 saturated carbocycles. The van der Waals surface area contributed by atoms with Crippen molar-refractivity contribution in [3.63, 3.8) is 0 Å². The van der Waals surface area contributed by atoms with Crippen LogP contribution in [0, 0.1) is 12.8 Å². The molecule has 0 aromatic heterocycles. The number of hydrogen-bond acceptors (Lipinski definition) is 11. The van der Waals surface area contributed by atoms with Crippen LogP contribution in [0.25, 0.3) is 43.9 Å². The molecule has 0 radical (unpaired) electrons. The number of allylic oxidation sites excluding steroid dienone is 1. The lowest BCUT2D eigenvalue weighted by atomic mass is 9.83. The minimum absolute atomic E-state index is 0.0575. The van der Waals surface area contributed by atoms with Crippen molar-refractivity contribution in [2.24, 2.45) is 11.0 Å². The molecule has 3 heterocycles. The molecule has 1 N–H and O–H groups in total. The zero-order chi connectivity index (χ0) is 43.5. The SMILES string of the molecule is COc1ccc(-c2c3ccc(=O)cc-3oc3cc(OCc4ccc(OC/C=C/C5=C(C(=O)OCc6ccc(N=[N+]=[N-])cc6)N6C(=O)[C@H]([C@@H](C)O)[C@H]6C5)c(OC)c4)ccc23)c(C)c1. The van der Waals surface area contributed by atoms with E-state index in [0.717, 1.165) is 39.0 Å². The summed E-state index contributed by atoms with van der Waals surface area (Å²) in [5.74, 6) is 1.14. The van der Waals surface area contributed by atoms with E-state index in [1.54, 1.807) is 69.7 Å². The smallest absolute Gasteiger partial charge is 0.355 e. The first-order valence-electron chi connectivity index (χ1n) is 19.9. The van der Waals surface area contributed by atoms with Crippen LogP contribution in [0.1, 0.15) is 30.0 Å². The highest BCUT2D eigenvalue weighted by atomic mass is 16.5. The number of hydrogen-bond donors (Lipinski definition) is 1. The summed E-state index contributed by atoms with van der Waals surface area (Å²) in [4.78, 5) is 43.0. The number of aliphatic hydroxyl groups excluding tert-OH is 1. The van der Waals surface area contributed by atoms with Gasteiger partial charge in [-0.05, 0) is 108 Å². The number of aliphatic hydroxyl groups is 1. The van der Waals surface area contributed by atoms with Gasteiger partial charge in [-0.15, -0.1) is 0 Å². The number of carbonyl (C=O) groups excluding carboxylic acids is 2. The van der Waals surface area contributed by atoms with Gasteiger partial charge in [0.1, 0.15) is 48.4 Å². The molecule has 0 spiro atoms. The molecule has 14 heteroatoms. The molecule has 3 atom stereocenters. The van der Waals surface area contributed by atoms with E-state index in [1.807, 2.05) is 55.5 Å². The van der Waals surface area contributed by atoms with Crippen LogP contribution in [0.4, 0.5) is 5.69 Å². The van der Waals surface area contributed by atoms with Crippen LogP contribution in [-0.2, 0) is 27.5 Å². The van der Waals surface area contributed by atoms with Gasteiger partial charge in [-0.2, -0.15) is 0 Å². The molecule has 4 aromatic rings. The van der Waals surface area contributed by atoms with Crippen molar-refractivity contribution in [2.75, 3.05) is 20.8 Å². The summed E-state index contributed by atoms with van der Waals surface area (Å²) >= 11 is 0. The third kappa shape index (κ3) is 8.16. The van der Waals surface area contributed by atoms with Gasteiger partial charge in [0.05, 0.1) is 32.3 Å². The van der Waals surface area contributed by atoms with Crippen LogP contribution in [-0.4, -0.2) is 54.9 Å². The fourth-order valence-corrected chi connectivity index (χ4v) is 8.06. The van der Waals surface area contributed by atoms with Crippen LogP contribution in [0.3, 0.4) is 0 Å². The molecule has 1 amide bonds. The van der Waals surface area contributed by atoms with Gasteiger partial charge >= 0.3 is 5.97 Å². The Morgan fingerprint density at radius 2 is 1.68 bits per heavy atom. The first kappa shape index (κ1) is 41.2. The van der Waals surface area contributed by atoms with Crippen molar-refractivity contribution in [1.82, 2.24) is 4.90 Å². The normalized spacial score (nSPS) is 16.2. The van der Waals surface area contributed by atoms with Crippen LogP contribution in [0.2, 0.25) is 0 Å². The number of carbonyl (C=O) groups is 2. The third-order valence-corrected chi connectivity index (χ3v) is 11.1. The topological polar surface area (TPSA) is 183 Å². The summed E-state index contributed by atoms with van der Waals surface area (Å²) in [6.45, 7) is 3.86. The molecule has 0 bridgehead atoms. The lowest BCUT2D eigenvalue weighted by Crippen LogP contribution is -2.61. The zero-order valence-corrected chi connectivity index (χ0v) is 34.4. The Morgan fingerprint density at radius 1 is 0.903 bits per heavy atom. The fourth-order valence-electron chi connectivity index (χ4n) is 8.06. The molecule has 4 aliphatic rings. The Balaban J connectivity index is 0.952. The Hall–Kier alpha value is -7.54. The van der Waals surface area contributed by atoms with Crippen molar-refractivity contribution in [2.45, 2.75) is 45.6 Å². The second-order valence-corrected chi connectivity index (χ2v) is 15.0. The predicted octanol–water partition coefficient (Wildman–Crippen LogP) is 8.96. The van der Waals surface area contributed by atoms with Gasteiger partial charge in [-0.3, -0.25) is 9.59 Å². The van der Waals surface area contributed by atoms with Gasteiger partial charge < -0.3 is 38.1 Å². The molecule has 1 fully saturated rings. The number of ether oxygens (including phenoxy) is 5. The lowest BCUT2D eigenvalue weighted by molar-refractivity contribution is -0.162. The summed E-state index contributed by atoms with van der Waals surface area (Å²) in [6.07, 6.45) is 2.98. The Kier molecular flexibility index (Phi) is 11.7. The van der Waals surface area contributed by atoms with Gasteiger partial charge in [-0.25, -0.2) is 4.79 Å². The van der Waals surface area contributed by atoms with Crippen LogP contribution >= 0.6 is 0 Å². The number of rotatable bonds is 15. The average molecular weight is 835 g/mol. The van der Waals surface area contributed by atoms with E-state index in [0.29, 0.717) is 51.8 Å². The van der Waals surface area contributed by atoms with Crippen LogP contribution in [0.15, 0.2) is 135 Å².